The third-order valence-corrected chi connectivity index (χ3v) is 3.62. The first-order chi connectivity index (χ1) is 10.5. The third kappa shape index (κ3) is 3.00. The maximum absolute atomic E-state index is 13.4. The maximum Gasteiger partial charge on any atom is 0.187 e. The molecule has 0 heterocycles. The summed E-state index contributed by atoms with van der Waals surface area (Å²) in [6.07, 6.45) is 0. The fourth-order valence-corrected chi connectivity index (χ4v) is 2.33. The molecule has 0 aliphatic heterocycles. The normalized spacial score (nSPS) is 10.2. The SMILES string of the molecule is Cc1ccc(-c2ccc(-c3cc(F)c(O)c(F)c3)cc2)cc1.[Rf]. The number of phenolic OH excluding ortho intramolecular Hbond substituents is 1. The Morgan fingerprint density at radius 1 is 0.652 bits per heavy atom. The number of phenols is 1. The predicted octanol–water partition coefficient (Wildman–Crippen LogP) is 5.31. The molecule has 0 bridgehead atoms. The molecule has 0 aliphatic carbocycles. The van der Waals surface area contributed by atoms with Crippen LogP contribution in [-0.2, 0) is 0 Å². The van der Waals surface area contributed by atoms with Gasteiger partial charge in [-0.1, -0.05) is 54.1 Å². The van der Waals surface area contributed by atoms with Crippen molar-refractivity contribution in [2.45, 2.75) is 6.92 Å². The summed E-state index contributed by atoms with van der Waals surface area (Å²) in [5.41, 5.74) is 4.39. The van der Waals surface area contributed by atoms with Crippen molar-refractivity contribution in [1.82, 2.24) is 0 Å². The van der Waals surface area contributed by atoms with Gasteiger partial charge in [0.1, 0.15) is 0 Å². The molecule has 1 N–H and O–H groups in total. The standard InChI is InChI=1S/C19H14F2O.Rf/c1-12-2-4-13(5-3-12)14-6-8-15(9-7-14)16-10-17(20)19(22)18(21)11-16;/h2-11,22H,1H3;. The number of halogens is 2. The van der Waals surface area contributed by atoms with E-state index in [4.69, 9.17) is 5.11 Å². The molecule has 112 valence electrons. The van der Waals surface area contributed by atoms with E-state index in [1.165, 1.54) is 5.56 Å². The summed E-state index contributed by atoms with van der Waals surface area (Å²) < 4.78 is 26.8. The van der Waals surface area contributed by atoms with Crippen molar-refractivity contribution in [3.63, 3.8) is 0 Å². The van der Waals surface area contributed by atoms with E-state index in [1.54, 1.807) is 12.1 Å². The van der Waals surface area contributed by atoms with Gasteiger partial charge in [0.15, 0.2) is 17.4 Å². The molecular formula is C19H14F2ORf. The summed E-state index contributed by atoms with van der Waals surface area (Å²) in [7, 11) is 0. The molecule has 0 atom stereocenters. The molecule has 0 spiro atoms. The first kappa shape index (κ1) is 15.7. The van der Waals surface area contributed by atoms with Crippen LogP contribution in [0.2, 0.25) is 0 Å². The van der Waals surface area contributed by atoms with Gasteiger partial charge in [-0.2, -0.15) is 0 Å². The Morgan fingerprint density at radius 3 is 1.43 bits per heavy atom. The number of aromatic hydroxyl groups is 1. The van der Waals surface area contributed by atoms with Gasteiger partial charge in [-0.15, -0.1) is 0 Å². The molecule has 0 aromatic heterocycles. The fourth-order valence-electron chi connectivity index (χ4n) is 2.33. The van der Waals surface area contributed by atoms with Crippen molar-refractivity contribution in [3.8, 4) is 28.0 Å². The first-order valence-electron chi connectivity index (χ1n) is 6.90. The van der Waals surface area contributed by atoms with E-state index in [2.05, 4.69) is 0 Å². The third-order valence-electron chi connectivity index (χ3n) is 3.62. The summed E-state index contributed by atoms with van der Waals surface area (Å²) in [4.78, 5) is 0. The Hall–Kier alpha value is -3.68. The van der Waals surface area contributed by atoms with Crippen LogP contribution in [0.1, 0.15) is 5.56 Å². The second-order valence-corrected chi connectivity index (χ2v) is 5.23. The zero-order chi connectivity index (χ0) is 15.7. The minimum absolute atomic E-state index is 0. The van der Waals surface area contributed by atoms with E-state index in [0.717, 1.165) is 23.3 Å². The number of aryl methyl sites for hydroxylation is 1. The summed E-state index contributed by atoms with van der Waals surface area (Å²) >= 11 is 0. The van der Waals surface area contributed by atoms with Crippen molar-refractivity contribution < 1.29 is 13.9 Å². The molecule has 0 radical (unpaired) electrons. The van der Waals surface area contributed by atoms with Crippen molar-refractivity contribution >= 4 is 0 Å². The van der Waals surface area contributed by atoms with Crippen LogP contribution in [0.25, 0.3) is 22.3 Å². The first-order valence-corrected chi connectivity index (χ1v) is 6.90. The average molecular weight is 563 g/mol. The van der Waals surface area contributed by atoms with Crippen LogP contribution >= 0.6 is 0 Å². The van der Waals surface area contributed by atoms with Gasteiger partial charge >= 0.3 is 0 Å². The number of hydrogen-bond acceptors (Lipinski definition) is 1. The van der Waals surface area contributed by atoms with Gasteiger partial charge in [-0.3, -0.25) is 0 Å². The van der Waals surface area contributed by atoms with Crippen LogP contribution in [0.3, 0.4) is 0 Å². The van der Waals surface area contributed by atoms with Crippen LogP contribution < -0.4 is 0 Å². The molecule has 1 nitrogen and oxygen atoms in total. The van der Waals surface area contributed by atoms with Crippen molar-refractivity contribution in [1.29, 1.82) is 0 Å². The van der Waals surface area contributed by atoms with E-state index in [-0.39, 0.29) is 0 Å². The van der Waals surface area contributed by atoms with Gasteiger partial charge in [0, 0.05) is 0 Å². The van der Waals surface area contributed by atoms with E-state index < -0.39 is 17.4 Å². The van der Waals surface area contributed by atoms with Gasteiger partial charge in [0.05, 0.1) is 0 Å². The molecule has 4 heteroatoms. The summed E-state index contributed by atoms with van der Waals surface area (Å²) in [5.74, 6) is -2.87. The van der Waals surface area contributed by atoms with E-state index in [1.807, 2.05) is 43.3 Å². The maximum atomic E-state index is 13.4. The van der Waals surface area contributed by atoms with E-state index >= 15 is 0 Å². The van der Waals surface area contributed by atoms with Crippen LogP contribution in [0.4, 0.5) is 8.78 Å². The van der Waals surface area contributed by atoms with Crippen molar-refractivity contribution in [3.05, 3.63) is 77.9 Å². The molecule has 0 aliphatic rings. The molecular weight excluding hydrogens is 549 g/mol. The predicted molar refractivity (Wildman–Crippen MR) is 83.6 cm³/mol. The van der Waals surface area contributed by atoms with Gasteiger partial charge in [0.2, 0.25) is 0 Å². The van der Waals surface area contributed by atoms with Gasteiger partial charge < -0.3 is 5.11 Å². The summed E-state index contributed by atoms with van der Waals surface area (Å²) in [5, 5.41) is 9.14. The van der Waals surface area contributed by atoms with Crippen LogP contribution in [0.5, 0.6) is 5.75 Å². The largest absolute Gasteiger partial charge is 0.503 e. The second-order valence-electron chi connectivity index (χ2n) is 5.23. The second kappa shape index (κ2) is 5.98. The Morgan fingerprint density at radius 2 is 1.00 bits per heavy atom. The zero-order valence-corrected chi connectivity index (χ0v) is 19.1. The Balaban J connectivity index is 0.00000192. The molecule has 23 heavy (non-hydrogen) atoms. The molecule has 0 saturated heterocycles. The molecule has 0 unspecified atom stereocenters. The van der Waals surface area contributed by atoms with Gasteiger partial charge in [0.25, 0.3) is 0 Å². The van der Waals surface area contributed by atoms with Crippen LogP contribution in [-0.4, -0.2) is 5.11 Å². The number of rotatable bonds is 2. The Bertz CT molecular complexity index is 789. The monoisotopic (exact) mass is 563 g/mol. The van der Waals surface area contributed by atoms with E-state index in [9.17, 15) is 8.78 Å². The average Bonchev–Trinajstić information content (AvgIpc) is 2.53. The zero-order valence-electron chi connectivity index (χ0n) is 12.7. The quantitative estimate of drug-likeness (QED) is 0.448. The molecule has 0 saturated carbocycles. The van der Waals surface area contributed by atoms with Gasteiger partial charge in [-0.05, 0) is 41.3 Å². The van der Waals surface area contributed by atoms with E-state index in [0.29, 0.717) is 11.1 Å². The smallest absolute Gasteiger partial charge is 0.187 e. The minimum atomic E-state index is -0.961. The molecule has 3 aromatic rings. The molecule has 3 aromatic carbocycles. The number of benzene rings is 3. The van der Waals surface area contributed by atoms with Crippen molar-refractivity contribution in [2.75, 3.05) is 0 Å². The van der Waals surface area contributed by atoms with Gasteiger partial charge in [-0.25, -0.2) is 8.78 Å². The fraction of sp³-hybridized carbons (Fsp3) is 0.0526. The van der Waals surface area contributed by atoms with Crippen LogP contribution in [0.15, 0.2) is 60.7 Å². The topological polar surface area (TPSA) is 20.2 Å². The molecule has 3 rings (SSSR count). The van der Waals surface area contributed by atoms with Crippen molar-refractivity contribution in [2.24, 2.45) is 0 Å². The summed E-state index contributed by atoms with van der Waals surface area (Å²) in [6.45, 7) is 2.03. The molecule has 0 fully saturated rings. The Labute approximate surface area is 127 Å². The minimum Gasteiger partial charge on any atom is -0.503 e. The Kier molecular flexibility index (Phi) is 4.08. The van der Waals surface area contributed by atoms with Crippen LogP contribution in [0, 0.1) is 18.6 Å². The molecule has 0 amide bonds. The summed E-state index contributed by atoms with van der Waals surface area (Å²) in [6, 6.07) is 17.8. The number of hydrogen-bond donors (Lipinski definition) is 1.